The highest BCUT2D eigenvalue weighted by molar-refractivity contribution is 6.31. The van der Waals surface area contributed by atoms with E-state index in [-0.39, 0.29) is 0 Å². The number of benzene rings is 3. The van der Waals surface area contributed by atoms with Crippen LogP contribution in [0.25, 0.3) is 0 Å². The Hall–Kier alpha value is -2.58. The van der Waals surface area contributed by atoms with Crippen LogP contribution in [-0.4, -0.2) is 13.3 Å². The lowest BCUT2D eigenvalue weighted by Crippen LogP contribution is -2.31. The van der Waals surface area contributed by atoms with Gasteiger partial charge in [0.2, 0.25) is 0 Å². The highest BCUT2D eigenvalue weighted by atomic mass is 35.5. The molecule has 0 saturated heterocycles. The zero-order valence-electron chi connectivity index (χ0n) is 13.4. The molecule has 0 spiro atoms. The third-order valence-corrected chi connectivity index (χ3v) is 4.44. The van der Waals surface area contributed by atoms with Crippen molar-refractivity contribution in [3.63, 3.8) is 0 Å². The highest BCUT2D eigenvalue weighted by Crippen LogP contribution is 2.40. The molecule has 0 aliphatic heterocycles. The first-order chi connectivity index (χ1) is 11.8. The molecule has 3 heteroatoms. The van der Waals surface area contributed by atoms with Gasteiger partial charge in [0.25, 0.3) is 0 Å². The van der Waals surface area contributed by atoms with Crippen LogP contribution in [0.4, 0.5) is 0 Å². The molecule has 3 aromatic rings. The van der Waals surface area contributed by atoms with Crippen molar-refractivity contribution in [2.24, 2.45) is 5.16 Å². The minimum Gasteiger partial charge on any atom is -0.399 e. The molecule has 3 rings (SSSR count). The molecule has 0 amide bonds. The molecular formula is C21H18ClNO. The summed E-state index contributed by atoms with van der Waals surface area (Å²) in [5.41, 5.74) is 2.48. The van der Waals surface area contributed by atoms with Crippen molar-refractivity contribution in [3.05, 3.63) is 107 Å². The summed E-state index contributed by atoms with van der Waals surface area (Å²) in [6, 6.07) is 28.2. The summed E-state index contributed by atoms with van der Waals surface area (Å²) < 4.78 is 0. The minimum atomic E-state index is -0.628. The summed E-state index contributed by atoms with van der Waals surface area (Å²) in [5, 5.41) is 4.82. The van der Waals surface area contributed by atoms with E-state index < -0.39 is 5.41 Å². The number of nitrogens with zero attached hydrogens (tertiary/aromatic N) is 1. The van der Waals surface area contributed by atoms with E-state index in [0.29, 0.717) is 5.02 Å². The molecule has 0 radical (unpaired) electrons. The Morgan fingerprint density at radius 1 is 0.792 bits per heavy atom. The first kappa shape index (κ1) is 16.3. The van der Waals surface area contributed by atoms with Gasteiger partial charge in [-0.2, -0.15) is 0 Å². The molecule has 0 saturated carbocycles. The fourth-order valence-electron chi connectivity index (χ4n) is 3.01. The lowest BCUT2D eigenvalue weighted by molar-refractivity contribution is 0.213. The summed E-state index contributed by atoms with van der Waals surface area (Å²) in [7, 11) is 1.55. The molecule has 0 fully saturated rings. The summed E-state index contributed by atoms with van der Waals surface area (Å²) in [6.07, 6.45) is 1.82. The van der Waals surface area contributed by atoms with Gasteiger partial charge in [-0.3, -0.25) is 0 Å². The Morgan fingerprint density at radius 3 is 1.79 bits per heavy atom. The number of hydrogen-bond donors (Lipinski definition) is 0. The fourth-order valence-corrected chi connectivity index (χ4v) is 3.30. The monoisotopic (exact) mass is 335 g/mol. The average Bonchev–Trinajstić information content (AvgIpc) is 2.65. The predicted octanol–water partition coefficient (Wildman–Crippen LogP) is 5.31. The second-order valence-electron chi connectivity index (χ2n) is 5.44. The van der Waals surface area contributed by atoms with Crippen molar-refractivity contribution in [3.8, 4) is 0 Å². The van der Waals surface area contributed by atoms with Gasteiger partial charge in [-0.05, 0) is 22.8 Å². The first-order valence-electron chi connectivity index (χ1n) is 7.73. The zero-order chi connectivity index (χ0) is 16.8. The van der Waals surface area contributed by atoms with Crippen LogP contribution >= 0.6 is 11.6 Å². The van der Waals surface area contributed by atoms with E-state index in [1.807, 2.05) is 66.9 Å². The van der Waals surface area contributed by atoms with Crippen molar-refractivity contribution in [1.82, 2.24) is 0 Å². The van der Waals surface area contributed by atoms with Gasteiger partial charge in [0.1, 0.15) is 7.11 Å². The molecular weight excluding hydrogens is 318 g/mol. The highest BCUT2D eigenvalue weighted by Gasteiger charge is 2.36. The van der Waals surface area contributed by atoms with E-state index in [1.165, 1.54) is 0 Å². The lowest BCUT2D eigenvalue weighted by atomic mass is 9.70. The molecule has 0 heterocycles. The van der Waals surface area contributed by atoms with E-state index in [0.717, 1.165) is 16.7 Å². The van der Waals surface area contributed by atoms with Crippen LogP contribution in [0, 0.1) is 0 Å². The van der Waals surface area contributed by atoms with Gasteiger partial charge in [0.05, 0.1) is 11.6 Å². The van der Waals surface area contributed by atoms with Crippen LogP contribution in [0.5, 0.6) is 0 Å². The van der Waals surface area contributed by atoms with Gasteiger partial charge in [-0.1, -0.05) is 95.6 Å². The summed E-state index contributed by atoms with van der Waals surface area (Å²) in [5.74, 6) is 0. The third kappa shape index (κ3) is 2.93. The maximum absolute atomic E-state index is 6.58. The third-order valence-electron chi connectivity index (χ3n) is 4.11. The topological polar surface area (TPSA) is 21.6 Å². The SMILES string of the molecule is CON=CC(c1ccccc1)(c1ccccc1)c1ccccc1Cl. The van der Waals surface area contributed by atoms with Crippen LogP contribution < -0.4 is 0 Å². The maximum Gasteiger partial charge on any atom is 0.106 e. The van der Waals surface area contributed by atoms with Crippen molar-refractivity contribution in [2.45, 2.75) is 5.41 Å². The second-order valence-corrected chi connectivity index (χ2v) is 5.84. The molecule has 2 nitrogen and oxygen atoms in total. The van der Waals surface area contributed by atoms with Gasteiger partial charge in [-0.25, -0.2) is 0 Å². The van der Waals surface area contributed by atoms with Gasteiger partial charge < -0.3 is 4.84 Å². The Kier molecular flexibility index (Phi) is 4.97. The summed E-state index contributed by atoms with van der Waals surface area (Å²) in [6.45, 7) is 0. The molecule has 0 N–H and O–H groups in total. The largest absolute Gasteiger partial charge is 0.399 e. The van der Waals surface area contributed by atoms with Crippen molar-refractivity contribution in [1.29, 1.82) is 0 Å². The second kappa shape index (κ2) is 7.33. The van der Waals surface area contributed by atoms with E-state index in [4.69, 9.17) is 16.4 Å². The predicted molar refractivity (Wildman–Crippen MR) is 99.7 cm³/mol. The van der Waals surface area contributed by atoms with Crippen LogP contribution in [0.15, 0.2) is 90.1 Å². The van der Waals surface area contributed by atoms with Crippen molar-refractivity contribution < 1.29 is 4.84 Å². The van der Waals surface area contributed by atoms with E-state index in [9.17, 15) is 0 Å². The van der Waals surface area contributed by atoms with Crippen LogP contribution in [0.1, 0.15) is 16.7 Å². The molecule has 0 unspecified atom stereocenters. The van der Waals surface area contributed by atoms with Gasteiger partial charge in [-0.15, -0.1) is 0 Å². The number of rotatable bonds is 5. The maximum atomic E-state index is 6.58. The number of hydrogen-bond acceptors (Lipinski definition) is 2. The number of halogens is 1. The van der Waals surface area contributed by atoms with Crippen LogP contribution in [0.2, 0.25) is 5.02 Å². The smallest absolute Gasteiger partial charge is 0.106 e. The number of oxime groups is 1. The average molecular weight is 336 g/mol. The van der Waals surface area contributed by atoms with Gasteiger partial charge >= 0.3 is 0 Å². The fraction of sp³-hybridized carbons (Fsp3) is 0.0952. The van der Waals surface area contributed by atoms with Crippen molar-refractivity contribution in [2.75, 3.05) is 7.11 Å². The van der Waals surface area contributed by atoms with Crippen LogP contribution in [-0.2, 0) is 10.3 Å². The molecule has 0 aliphatic rings. The van der Waals surface area contributed by atoms with Gasteiger partial charge in [0.15, 0.2) is 0 Å². The molecule has 0 atom stereocenters. The minimum absolute atomic E-state index is 0.628. The quantitative estimate of drug-likeness (QED) is 0.352. The molecule has 0 bridgehead atoms. The van der Waals surface area contributed by atoms with E-state index >= 15 is 0 Å². The Labute approximate surface area is 147 Å². The normalized spacial score (nSPS) is 11.6. The standard InChI is InChI=1S/C21H18ClNO/c1-24-23-16-21(17-10-4-2-5-11-17,18-12-6-3-7-13-18)19-14-8-9-15-20(19)22/h2-16H,1H3. The molecule has 3 aromatic carbocycles. The Bertz CT molecular complexity index is 776. The molecule has 24 heavy (non-hydrogen) atoms. The Balaban J connectivity index is 2.38. The molecule has 0 aromatic heterocycles. The van der Waals surface area contributed by atoms with Crippen molar-refractivity contribution >= 4 is 17.8 Å². The lowest BCUT2D eigenvalue weighted by Gasteiger charge is -2.32. The zero-order valence-corrected chi connectivity index (χ0v) is 14.1. The Morgan fingerprint density at radius 2 is 1.29 bits per heavy atom. The van der Waals surface area contributed by atoms with Gasteiger partial charge in [0, 0.05) is 5.02 Å². The summed E-state index contributed by atoms with van der Waals surface area (Å²) >= 11 is 6.58. The summed E-state index contributed by atoms with van der Waals surface area (Å²) in [4.78, 5) is 5.03. The first-order valence-corrected chi connectivity index (χ1v) is 8.10. The van der Waals surface area contributed by atoms with E-state index in [1.54, 1.807) is 7.11 Å². The molecule has 0 aliphatic carbocycles. The molecule has 120 valence electrons. The van der Waals surface area contributed by atoms with E-state index in [2.05, 4.69) is 29.4 Å². The van der Waals surface area contributed by atoms with Crippen LogP contribution in [0.3, 0.4) is 0 Å².